The lowest BCUT2D eigenvalue weighted by molar-refractivity contribution is 0.0276. The molecular weight excluding hydrogens is 276 g/mol. The third-order valence-corrected chi connectivity index (χ3v) is 4.37. The number of halogens is 1. The Morgan fingerprint density at radius 3 is 2.56 bits per heavy atom. The summed E-state index contributed by atoms with van der Waals surface area (Å²) in [7, 11) is -2.15. The van der Waals surface area contributed by atoms with E-state index in [9.17, 15) is 8.42 Å². The number of methoxy groups -OCH3 is 1. The Morgan fingerprint density at radius 1 is 1.44 bits per heavy atom. The van der Waals surface area contributed by atoms with Crippen LogP contribution in [-0.2, 0) is 14.8 Å². The summed E-state index contributed by atoms with van der Waals surface area (Å²) in [6, 6.07) is 4.26. The summed E-state index contributed by atoms with van der Waals surface area (Å²) in [6.07, 6.45) is 0. The van der Waals surface area contributed by atoms with Crippen molar-refractivity contribution in [3.8, 4) is 0 Å². The topological polar surface area (TPSA) is 81.4 Å². The molecule has 1 rings (SSSR count). The third kappa shape index (κ3) is 3.84. The van der Waals surface area contributed by atoms with Crippen molar-refractivity contribution in [2.45, 2.75) is 24.3 Å². The van der Waals surface area contributed by atoms with Gasteiger partial charge in [-0.15, -0.1) is 0 Å². The Morgan fingerprint density at radius 2 is 2.06 bits per heavy atom. The fraction of sp³-hybridized carbons (Fsp3) is 0.455. The molecular formula is C11H17ClN2O3S. The van der Waals surface area contributed by atoms with Crippen LogP contribution in [0.4, 0.5) is 5.69 Å². The maximum atomic E-state index is 12.0. The molecule has 0 aromatic heterocycles. The molecule has 1 aromatic carbocycles. The second-order valence-electron chi connectivity index (χ2n) is 4.48. The molecule has 0 spiro atoms. The van der Waals surface area contributed by atoms with Crippen molar-refractivity contribution in [3.05, 3.63) is 23.2 Å². The van der Waals surface area contributed by atoms with Gasteiger partial charge < -0.3 is 10.5 Å². The number of anilines is 1. The number of sulfonamides is 1. The molecule has 0 heterocycles. The number of nitrogens with one attached hydrogen (secondary N) is 1. The number of nitrogens with two attached hydrogens (primary N) is 1. The fourth-order valence-electron chi connectivity index (χ4n) is 1.15. The first-order valence-electron chi connectivity index (χ1n) is 5.28. The molecule has 0 saturated heterocycles. The van der Waals surface area contributed by atoms with Crippen LogP contribution in [0.25, 0.3) is 0 Å². The van der Waals surface area contributed by atoms with Crippen molar-refractivity contribution >= 4 is 27.3 Å². The van der Waals surface area contributed by atoms with Gasteiger partial charge in [-0.05, 0) is 32.0 Å². The molecule has 18 heavy (non-hydrogen) atoms. The van der Waals surface area contributed by atoms with E-state index in [2.05, 4.69) is 4.72 Å². The van der Waals surface area contributed by atoms with Gasteiger partial charge in [-0.2, -0.15) is 0 Å². The molecule has 3 N–H and O–H groups in total. The predicted octanol–water partition coefficient (Wildman–Crippen LogP) is 1.63. The molecule has 102 valence electrons. The first-order valence-corrected chi connectivity index (χ1v) is 7.14. The van der Waals surface area contributed by atoms with Crippen molar-refractivity contribution in [1.82, 2.24) is 4.72 Å². The van der Waals surface area contributed by atoms with Crippen molar-refractivity contribution < 1.29 is 13.2 Å². The molecule has 0 bridgehead atoms. The van der Waals surface area contributed by atoms with E-state index in [0.29, 0.717) is 5.69 Å². The van der Waals surface area contributed by atoms with Gasteiger partial charge in [0.05, 0.1) is 10.6 Å². The molecule has 0 fully saturated rings. The van der Waals surface area contributed by atoms with Gasteiger partial charge in [0.15, 0.2) is 0 Å². The molecule has 1 aromatic rings. The van der Waals surface area contributed by atoms with Gasteiger partial charge in [-0.3, -0.25) is 0 Å². The van der Waals surface area contributed by atoms with Crippen molar-refractivity contribution in [2.75, 3.05) is 19.4 Å². The van der Waals surface area contributed by atoms with Crippen LogP contribution in [0.5, 0.6) is 0 Å². The largest absolute Gasteiger partial charge is 0.399 e. The number of ether oxygens (including phenoxy) is 1. The van der Waals surface area contributed by atoms with Crippen LogP contribution >= 0.6 is 11.6 Å². The Kier molecular flexibility index (Phi) is 4.61. The van der Waals surface area contributed by atoms with Gasteiger partial charge in [-0.25, -0.2) is 13.1 Å². The van der Waals surface area contributed by atoms with E-state index in [4.69, 9.17) is 22.1 Å². The molecule has 7 heteroatoms. The fourth-order valence-corrected chi connectivity index (χ4v) is 2.90. The molecule has 5 nitrogen and oxygen atoms in total. The molecule has 0 unspecified atom stereocenters. The molecule has 0 aliphatic heterocycles. The molecule has 0 atom stereocenters. The minimum absolute atomic E-state index is 0.00488. The maximum Gasteiger partial charge on any atom is 0.242 e. The number of hydrogen-bond acceptors (Lipinski definition) is 4. The Hall–Kier alpha value is -0.820. The van der Waals surface area contributed by atoms with Crippen molar-refractivity contribution in [2.24, 2.45) is 0 Å². The molecule has 0 radical (unpaired) electrons. The summed E-state index contributed by atoms with van der Waals surface area (Å²) in [5.74, 6) is 0. The molecule has 0 saturated carbocycles. The van der Waals surface area contributed by atoms with Gasteiger partial charge in [0.1, 0.15) is 4.90 Å². The smallest absolute Gasteiger partial charge is 0.242 e. The van der Waals surface area contributed by atoms with E-state index in [-0.39, 0.29) is 16.5 Å². The summed E-state index contributed by atoms with van der Waals surface area (Å²) in [5.41, 5.74) is 5.34. The van der Waals surface area contributed by atoms with Crippen LogP contribution in [0.1, 0.15) is 13.8 Å². The van der Waals surface area contributed by atoms with Gasteiger partial charge in [0.25, 0.3) is 0 Å². The van der Waals surface area contributed by atoms with Gasteiger partial charge in [0, 0.05) is 19.3 Å². The monoisotopic (exact) mass is 292 g/mol. The highest BCUT2D eigenvalue weighted by Gasteiger charge is 2.23. The lowest BCUT2D eigenvalue weighted by Gasteiger charge is -2.23. The van der Waals surface area contributed by atoms with Gasteiger partial charge in [0.2, 0.25) is 10.0 Å². The van der Waals surface area contributed by atoms with Crippen LogP contribution < -0.4 is 10.5 Å². The van der Waals surface area contributed by atoms with Crippen molar-refractivity contribution in [1.29, 1.82) is 0 Å². The summed E-state index contributed by atoms with van der Waals surface area (Å²) >= 11 is 5.87. The zero-order chi connectivity index (χ0) is 14.0. The quantitative estimate of drug-likeness (QED) is 0.808. The molecule has 0 aliphatic carbocycles. The number of benzene rings is 1. The Bertz CT molecular complexity index is 529. The predicted molar refractivity (Wildman–Crippen MR) is 72.1 cm³/mol. The summed E-state index contributed by atoms with van der Waals surface area (Å²) in [6.45, 7) is 3.70. The van der Waals surface area contributed by atoms with E-state index in [1.807, 2.05) is 0 Å². The van der Waals surface area contributed by atoms with Gasteiger partial charge >= 0.3 is 0 Å². The first kappa shape index (κ1) is 15.2. The molecule has 0 amide bonds. The van der Waals surface area contributed by atoms with Crippen LogP contribution in [0.15, 0.2) is 23.1 Å². The SMILES string of the molecule is COC(C)(C)CNS(=O)(=O)c1ccc(N)cc1Cl. The zero-order valence-corrected chi connectivity index (χ0v) is 12.1. The average Bonchev–Trinajstić information content (AvgIpc) is 2.26. The van der Waals surface area contributed by atoms with E-state index in [1.54, 1.807) is 13.8 Å². The van der Waals surface area contributed by atoms with Crippen molar-refractivity contribution in [3.63, 3.8) is 0 Å². The van der Waals surface area contributed by atoms with E-state index in [0.717, 1.165) is 0 Å². The van der Waals surface area contributed by atoms with Crippen LogP contribution in [0.2, 0.25) is 5.02 Å². The highest BCUT2D eigenvalue weighted by Crippen LogP contribution is 2.23. The zero-order valence-electron chi connectivity index (χ0n) is 10.5. The third-order valence-electron chi connectivity index (χ3n) is 2.49. The van der Waals surface area contributed by atoms with Crippen LogP contribution in [0.3, 0.4) is 0 Å². The van der Waals surface area contributed by atoms with Crippen LogP contribution in [-0.4, -0.2) is 27.7 Å². The standard InChI is InChI=1S/C11H17ClN2O3S/c1-11(2,17-3)7-14-18(15,16)10-5-4-8(13)6-9(10)12/h4-6,14H,7,13H2,1-3H3. The second kappa shape index (κ2) is 5.44. The minimum atomic E-state index is -3.67. The molecule has 0 aliphatic rings. The van der Waals surface area contributed by atoms with Crippen LogP contribution in [0, 0.1) is 0 Å². The highest BCUT2D eigenvalue weighted by molar-refractivity contribution is 7.89. The minimum Gasteiger partial charge on any atom is -0.399 e. The van der Waals surface area contributed by atoms with E-state index >= 15 is 0 Å². The summed E-state index contributed by atoms with van der Waals surface area (Å²) in [5, 5.41) is 0.0951. The lowest BCUT2D eigenvalue weighted by Crippen LogP contribution is -2.39. The average molecular weight is 293 g/mol. The maximum absolute atomic E-state index is 12.0. The highest BCUT2D eigenvalue weighted by atomic mass is 35.5. The van der Waals surface area contributed by atoms with Gasteiger partial charge in [-0.1, -0.05) is 11.6 Å². The number of hydrogen-bond donors (Lipinski definition) is 2. The number of nitrogen functional groups attached to an aromatic ring is 1. The second-order valence-corrected chi connectivity index (χ2v) is 6.62. The Labute approximate surface area is 112 Å². The summed E-state index contributed by atoms with van der Waals surface area (Å²) < 4.78 is 31.7. The summed E-state index contributed by atoms with van der Waals surface area (Å²) in [4.78, 5) is 0.00488. The van der Waals surface area contributed by atoms with E-state index in [1.165, 1.54) is 25.3 Å². The van der Waals surface area contributed by atoms with E-state index < -0.39 is 15.6 Å². The Balaban J connectivity index is 2.94. The first-order chi connectivity index (χ1) is 8.18. The lowest BCUT2D eigenvalue weighted by atomic mass is 10.1. The normalized spacial score (nSPS) is 12.7. The number of rotatable bonds is 5.